The number of nitrogens with one attached hydrogen (secondary N) is 1. The summed E-state index contributed by atoms with van der Waals surface area (Å²) in [6, 6.07) is 16.7. The fraction of sp³-hybridized carbons (Fsp3) is 0.227. The zero-order chi connectivity index (χ0) is 20.1. The summed E-state index contributed by atoms with van der Waals surface area (Å²) in [5.41, 5.74) is 0.701. The van der Waals surface area contributed by atoms with Crippen LogP contribution in [0.5, 0.6) is 11.6 Å². The van der Waals surface area contributed by atoms with Crippen LogP contribution in [0.3, 0.4) is 0 Å². The maximum absolute atomic E-state index is 12.8. The van der Waals surface area contributed by atoms with Gasteiger partial charge in [0, 0.05) is 36.2 Å². The van der Waals surface area contributed by atoms with Crippen molar-refractivity contribution in [1.82, 2.24) is 9.97 Å². The Kier molecular flexibility index (Phi) is 5.91. The maximum Gasteiger partial charge on any atom is 0.263 e. The van der Waals surface area contributed by atoms with Crippen molar-refractivity contribution >= 4 is 29.0 Å². The Hall–Kier alpha value is -3.12. The first-order chi connectivity index (χ1) is 14.2. The normalized spacial score (nSPS) is 16.3. The molecule has 1 amide bonds. The van der Waals surface area contributed by atoms with Crippen molar-refractivity contribution in [2.45, 2.75) is 12.8 Å². The van der Waals surface area contributed by atoms with E-state index in [2.05, 4.69) is 20.2 Å². The van der Waals surface area contributed by atoms with Crippen LogP contribution >= 0.6 is 11.6 Å². The number of hydrogen-bond acceptors (Lipinski definition) is 5. The molecule has 1 N–H and O–H groups in total. The molecule has 1 fully saturated rings. The molecule has 1 aliphatic heterocycles. The predicted molar refractivity (Wildman–Crippen MR) is 114 cm³/mol. The second-order valence-electron chi connectivity index (χ2n) is 6.88. The van der Waals surface area contributed by atoms with Crippen LogP contribution in [0.4, 0.5) is 11.5 Å². The Morgan fingerprint density at radius 2 is 1.93 bits per heavy atom. The highest BCUT2D eigenvalue weighted by atomic mass is 35.5. The van der Waals surface area contributed by atoms with Crippen LogP contribution in [-0.2, 0) is 4.79 Å². The van der Waals surface area contributed by atoms with E-state index in [0.29, 0.717) is 34.7 Å². The molecular weight excluding hydrogens is 388 g/mol. The number of hydrogen-bond donors (Lipinski definition) is 1. The van der Waals surface area contributed by atoms with Crippen molar-refractivity contribution < 1.29 is 9.53 Å². The zero-order valence-electron chi connectivity index (χ0n) is 15.8. The van der Waals surface area contributed by atoms with Gasteiger partial charge in [0.1, 0.15) is 5.75 Å². The van der Waals surface area contributed by atoms with Gasteiger partial charge in [0.15, 0.2) is 5.82 Å². The maximum atomic E-state index is 12.8. The smallest absolute Gasteiger partial charge is 0.263 e. The Morgan fingerprint density at radius 1 is 1.10 bits per heavy atom. The van der Waals surface area contributed by atoms with E-state index in [0.717, 1.165) is 19.4 Å². The summed E-state index contributed by atoms with van der Waals surface area (Å²) in [4.78, 5) is 23.7. The van der Waals surface area contributed by atoms with Gasteiger partial charge in [-0.1, -0.05) is 35.9 Å². The molecule has 0 bridgehead atoms. The minimum atomic E-state index is -0.158. The molecule has 1 aliphatic rings. The molecule has 1 unspecified atom stereocenters. The molecule has 2 aromatic carbocycles. The van der Waals surface area contributed by atoms with E-state index in [-0.39, 0.29) is 11.8 Å². The number of rotatable bonds is 5. The number of amides is 1. The zero-order valence-corrected chi connectivity index (χ0v) is 16.5. The van der Waals surface area contributed by atoms with Gasteiger partial charge >= 0.3 is 0 Å². The third-order valence-electron chi connectivity index (χ3n) is 4.79. The molecule has 7 heteroatoms. The lowest BCUT2D eigenvalue weighted by atomic mass is 9.97. The van der Waals surface area contributed by atoms with Crippen LogP contribution in [0.15, 0.2) is 67.0 Å². The topological polar surface area (TPSA) is 67.4 Å². The predicted octanol–water partition coefficient (Wildman–Crippen LogP) is 4.78. The lowest BCUT2D eigenvalue weighted by Crippen LogP contribution is -2.41. The third-order valence-corrected chi connectivity index (χ3v) is 5.02. The van der Waals surface area contributed by atoms with Crippen molar-refractivity contribution in [1.29, 1.82) is 0 Å². The molecule has 0 aliphatic carbocycles. The molecule has 6 nitrogen and oxygen atoms in total. The average molecular weight is 409 g/mol. The van der Waals surface area contributed by atoms with Gasteiger partial charge in [0.25, 0.3) is 5.88 Å². The summed E-state index contributed by atoms with van der Waals surface area (Å²) in [5.74, 6) is 1.61. The molecular formula is C22H21ClN4O2. The molecule has 4 rings (SSSR count). The van der Waals surface area contributed by atoms with Gasteiger partial charge in [-0.25, -0.2) is 9.97 Å². The highest BCUT2D eigenvalue weighted by molar-refractivity contribution is 6.30. The monoisotopic (exact) mass is 408 g/mol. The summed E-state index contributed by atoms with van der Waals surface area (Å²) in [6.07, 6.45) is 4.95. The summed E-state index contributed by atoms with van der Waals surface area (Å²) in [7, 11) is 0. The Morgan fingerprint density at radius 3 is 2.76 bits per heavy atom. The number of ether oxygens (including phenoxy) is 1. The molecule has 0 saturated carbocycles. The van der Waals surface area contributed by atoms with Crippen LogP contribution in [0.1, 0.15) is 12.8 Å². The van der Waals surface area contributed by atoms with Crippen molar-refractivity contribution in [3.63, 3.8) is 0 Å². The summed E-state index contributed by atoms with van der Waals surface area (Å²) < 4.78 is 5.94. The van der Waals surface area contributed by atoms with Gasteiger partial charge in [0.2, 0.25) is 5.91 Å². The van der Waals surface area contributed by atoms with E-state index in [4.69, 9.17) is 16.3 Å². The number of anilines is 2. The molecule has 148 valence electrons. The Labute approximate surface area is 174 Å². The van der Waals surface area contributed by atoms with Gasteiger partial charge in [-0.05, 0) is 43.2 Å². The first-order valence-electron chi connectivity index (χ1n) is 9.54. The molecule has 1 saturated heterocycles. The van der Waals surface area contributed by atoms with Gasteiger partial charge in [0.05, 0.1) is 5.92 Å². The van der Waals surface area contributed by atoms with E-state index in [1.165, 1.54) is 0 Å². The number of carbonyl (C=O) groups is 1. The number of nitrogens with zero attached hydrogens (tertiary/aromatic N) is 3. The Bertz CT molecular complexity index is 983. The van der Waals surface area contributed by atoms with E-state index in [9.17, 15) is 4.79 Å². The highest BCUT2D eigenvalue weighted by Gasteiger charge is 2.28. The molecule has 0 spiro atoms. The molecule has 29 heavy (non-hydrogen) atoms. The van der Waals surface area contributed by atoms with Crippen molar-refractivity contribution in [2.75, 3.05) is 23.3 Å². The van der Waals surface area contributed by atoms with E-state index >= 15 is 0 Å². The van der Waals surface area contributed by atoms with Crippen molar-refractivity contribution in [3.8, 4) is 11.6 Å². The van der Waals surface area contributed by atoms with Crippen LogP contribution in [0.25, 0.3) is 0 Å². The summed E-state index contributed by atoms with van der Waals surface area (Å²) >= 11 is 6.01. The molecule has 1 aromatic heterocycles. The first-order valence-corrected chi connectivity index (χ1v) is 9.92. The van der Waals surface area contributed by atoms with Crippen LogP contribution < -0.4 is 15.0 Å². The number of para-hydroxylation sites is 1. The van der Waals surface area contributed by atoms with Gasteiger partial charge in [-0.3, -0.25) is 4.79 Å². The van der Waals surface area contributed by atoms with E-state index in [1.54, 1.807) is 24.5 Å². The minimum Gasteiger partial charge on any atom is -0.436 e. The number of benzene rings is 2. The fourth-order valence-electron chi connectivity index (χ4n) is 3.40. The summed E-state index contributed by atoms with van der Waals surface area (Å²) in [6.45, 7) is 1.35. The van der Waals surface area contributed by atoms with Crippen molar-refractivity contribution in [2.24, 2.45) is 5.92 Å². The summed E-state index contributed by atoms with van der Waals surface area (Å²) in [5, 5.41) is 3.55. The van der Waals surface area contributed by atoms with Crippen LogP contribution in [0, 0.1) is 5.92 Å². The Balaban J connectivity index is 1.48. The molecule has 3 aromatic rings. The average Bonchev–Trinajstić information content (AvgIpc) is 2.75. The van der Waals surface area contributed by atoms with E-state index in [1.807, 2.05) is 42.5 Å². The third kappa shape index (κ3) is 4.84. The molecule has 2 heterocycles. The van der Waals surface area contributed by atoms with Crippen molar-refractivity contribution in [3.05, 3.63) is 72.0 Å². The van der Waals surface area contributed by atoms with Gasteiger partial charge < -0.3 is 15.0 Å². The number of piperidine rings is 1. The largest absolute Gasteiger partial charge is 0.436 e. The SMILES string of the molecule is O=C(Nc1cccc(Cl)c1)C1CCCN(c2nccnc2Oc2ccccc2)C1. The van der Waals surface area contributed by atoms with Gasteiger partial charge in [-0.2, -0.15) is 0 Å². The lowest BCUT2D eigenvalue weighted by molar-refractivity contribution is -0.120. The molecule has 1 atom stereocenters. The molecule has 0 radical (unpaired) electrons. The van der Waals surface area contributed by atoms with E-state index < -0.39 is 0 Å². The standard InChI is InChI=1S/C22H21ClN4O2/c23-17-7-4-8-18(14-17)26-21(28)16-6-5-13-27(15-16)20-22(25-12-11-24-20)29-19-9-2-1-3-10-19/h1-4,7-12,14,16H,5-6,13,15H2,(H,26,28). The van der Waals surface area contributed by atoms with Crippen LogP contribution in [0.2, 0.25) is 5.02 Å². The van der Waals surface area contributed by atoms with Crippen LogP contribution in [-0.4, -0.2) is 29.0 Å². The second kappa shape index (κ2) is 8.92. The lowest BCUT2D eigenvalue weighted by Gasteiger charge is -2.33. The quantitative estimate of drug-likeness (QED) is 0.658. The minimum absolute atomic E-state index is 0.0219. The fourth-order valence-corrected chi connectivity index (χ4v) is 3.59. The van der Waals surface area contributed by atoms with Gasteiger partial charge in [-0.15, -0.1) is 0 Å². The second-order valence-corrected chi connectivity index (χ2v) is 7.32. The first kappa shape index (κ1) is 19.2. The number of carbonyl (C=O) groups excluding carboxylic acids is 1. The number of halogens is 1. The number of aromatic nitrogens is 2. The highest BCUT2D eigenvalue weighted by Crippen LogP contribution is 2.31.